The zero-order chi connectivity index (χ0) is 13.4. The van der Waals surface area contributed by atoms with Crippen molar-refractivity contribution in [2.24, 2.45) is 0 Å². The molecule has 5 nitrogen and oxygen atoms in total. The third-order valence-electron chi connectivity index (χ3n) is 2.36. The molecule has 1 unspecified atom stereocenters. The monoisotopic (exact) mass is 254 g/mol. The molecule has 1 aromatic rings. The summed E-state index contributed by atoms with van der Waals surface area (Å²) in [4.78, 5) is 4.40. The Kier molecular flexibility index (Phi) is 6.64. The highest BCUT2D eigenvalue weighted by Gasteiger charge is 2.09. The Hall–Kier alpha value is -1.17. The lowest BCUT2D eigenvalue weighted by molar-refractivity contribution is 0.0161. The van der Waals surface area contributed by atoms with Crippen molar-refractivity contribution in [3.05, 3.63) is 23.5 Å². The fourth-order valence-corrected chi connectivity index (χ4v) is 1.51. The number of ether oxygens (including phenoxy) is 2. The number of hydrogen-bond donors (Lipinski definition) is 2. The standard InChI is InChI=1S/C13H22N2O3/c1-4-17-8-11(16)9-18-13-6-5-10(2)15-12(13)7-14-3/h5-6,11,14,16H,4,7-9H2,1-3H3. The summed E-state index contributed by atoms with van der Waals surface area (Å²) >= 11 is 0. The number of aliphatic hydroxyl groups excluding tert-OH is 1. The van der Waals surface area contributed by atoms with Crippen LogP contribution in [-0.2, 0) is 11.3 Å². The molecule has 2 N–H and O–H groups in total. The highest BCUT2D eigenvalue weighted by atomic mass is 16.5. The number of aryl methyl sites for hydroxylation is 1. The van der Waals surface area contributed by atoms with Crippen LogP contribution in [0.4, 0.5) is 0 Å². The molecule has 0 aromatic carbocycles. The van der Waals surface area contributed by atoms with Crippen molar-refractivity contribution in [1.82, 2.24) is 10.3 Å². The highest BCUT2D eigenvalue weighted by Crippen LogP contribution is 2.17. The van der Waals surface area contributed by atoms with Crippen LogP contribution in [0.1, 0.15) is 18.3 Å². The lowest BCUT2D eigenvalue weighted by Gasteiger charge is -2.14. The maximum Gasteiger partial charge on any atom is 0.142 e. The Morgan fingerprint density at radius 1 is 1.39 bits per heavy atom. The number of nitrogens with one attached hydrogen (secondary N) is 1. The van der Waals surface area contributed by atoms with E-state index in [9.17, 15) is 5.11 Å². The van der Waals surface area contributed by atoms with Gasteiger partial charge in [-0.1, -0.05) is 0 Å². The summed E-state index contributed by atoms with van der Waals surface area (Å²) in [6.07, 6.45) is -0.617. The first-order valence-corrected chi connectivity index (χ1v) is 6.17. The van der Waals surface area contributed by atoms with E-state index in [0.717, 1.165) is 11.4 Å². The quantitative estimate of drug-likeness (QED) is 0.721. The van der Waals surface area contributed by atoms with E-state index in [1.807, 2.05) is 33.0 Å². The molecule has 1 rings (SSSR count). The molecule has 0 radical (unpaired) electrons. The Bertz CT molecular complexity index is 358. The second kappa shape index (κ2) is 8.02. The maximum absolute atomic E-state index is 9.63. The predicted molar refractivity (Wildman–Crippen MR) is 69.7 cm³/mol. The van der Waals surface area contributed by atoms with Gasteiger partial charge >= 0.3 is 0 Å². The van der Waals surface area contributed by atoms with Gasteiger partial charge in [-0.25, -0.2) is 0 Å². The normalized spacial score (nSPS) is 12.4. The Morgan fingerprint density at radius 3 is 2.83 bits per heavy atom. The smallest absolute Gasteiger partial charge is 0.142 e. The van der Waals surface area contributed by atoms with Crippen molar-refractivity contribution < 1.29 is 14.6 Å². The summed E-state index contributed by atoms with van der Waals surface area (Å²) in [7, 11) is 1.86. The summed E-state index contributed by atoms with van der Waals surface area (Å²) in [5, 5.41) is 12.7. The summed E-state index contributed by atoms with van der Waals surface area (Å²) in [6.45, 7) is 5.56. The van der Waals surface area contributed by atoms with Crippen molar-refractivity contribution in [2.75, 3.05) is 26.9 Å². The molecule has 0 spiro atoms. The molecule has 0 bridgehead atoms. The molecular formula is C13H22N2O3. The molecule has 0 fully saturated rings. The van der Waals surface area contributed by atoms with E-state index in [1.165, 1.54) is 0 Å². The number of aromatic nitrogens is 1. The first kappa shape index (κ1) is 14.9. The van der Waals surface area contributed by atoms with Crippen LogP contribution in [-0.4, -0.2) is 43.1 Å². The average molecular weight is 254 g/mol. The van der Waals surface area contributed by atoms with E-state index in [-0.39, 0.29) is 13.2 Å². The van der Waals surface area contributed by atoms with Crippen LogP contribution >= 0.6 is 0 Å². The minimum atomic E-state index is -0.617. The minimum absolute atomic E-state index is 0.210. The lowest BCUT2D eigenvalue weighted by Crippen LogP contribution is -2.24. The maximum atomic E-state index is 9.63. The van der Waals surface area contributed by atoms with Gasteiger partial charge in [-0.15, -0.1) is 0 Å². The van der Waals surface area contributed by atoms with Gasteiger partial charge in [-0.05, 0) is 33.0 Å². The van der Waals surface area contributed by atoms with Crippen LogP contribution in [0.5, 0.6) is 5.75 Å². The highest BCUT2D eigenvalue weighted by molar-refractivity contribution is 5.29. The summed E-state index contributed by atoms with van der Waals surface area (Å²) < 4.78 is 10.7. The van der Waals surface area contributed by atoms with E-state index in [1.54, 1.807) is 0 Å². The third-order valence-corrected chi connectivity index (χ3v) is 2.36. The van der Waals surface area contributed by atoms with E-state index >= 15 is 0 Å². The first-order valence-electron chi connectivity index (χ1n) is 6.17. The van der Waals surface area contributed by atoms with Crippen molar-refractivity contribution in [2.45, 2.75) is 26.5 Å². The van der Waals surface area contributed by atoms with Gasteiger partial charge in [0.05, 0.1) is 12.3 Å². The topological polar surface area (TPSA) is 63.6 Å². The van der Waals surface area contributed by atoms with Gasteiger partial charge in [0.2, 0.25) is 0 Å². The van der Waals surface area contributed by atoms with Gasteiger partial charge in [0.1, 0.15) is 18.5 Å². The van der Waals surface area contributed by atoms with Crippen LogP contribution in [0.2, 0.25) is 0 Å². The Labute approximate surface area is 108 Å². The van der Waals surface area contributed by atoms with Crippen LogP contribution in [0.25, 0.3) is 0 Å². The average Bonchev–Trinajstić information content (AvgIpc) is 2.36. The first-order chi connectivity index (χ1) is 8.67. The summed E-state index contributed by atoms with van der Waals surface area (Å²) in [6, 6.07) is 3.77. The summed E-state index contributed by atoms with van der Waals surface area (Å²) in [5.41, 5.74) is 1.79. The Balaban J connectivity index is 2.55. The van der Waals surface area contributed by atoms with E-state index in [0.29, 0.717) is 18.9 Å². The minimum Gasteiger partial charge on any atom is -0.489 e. The van der Waals surface area contributed by atoms with Crippen LogP contribution in [0.15, 0.2) is 12.1 Å². The van der Waals surface area contributed by atoms with Crippen molar-refractivity contribution >= 4 is 0 Å². The van der Waals surface area contributed by atoms with Crippen molar-refractivity contribution in [3.63, 3.8) is 0 Å². The molecule has 18 heavy (non-hydrogen) atoms. The van der Waals surface area contributed by atoms with E-state index in [4.69, 9.17) is 9.47 Å². The largest absolute Gasteiger partial charge is 0.489 e. The molecular weight excluding hydrogens is 232 g/mol. The molecule has 0 aliphatic carbocycles. The van der Waals surface area contributed by atoms with Crippen molar-refractivity contribution in [3.8, 4) is 5.75 Å². The van der Waals surface area contributed by atoms with Crippen LogP contribution in [0, 0.1) is 6.92 Å². The second-order valence-electron chi connectivity index (χ2n) is 4.05. The molecule has 1 heterocycles. The van der Waals surface area contributed by atoms with E-state index < -0.39 is 6.10 Å². The third kappa shape index (κ3) is 5.00. The molecule has 0 aliphatic rings. The number of hydrogen-bond acceptors (Lipinski definition) is 5. The zero-order valence-electron chi connectivity index (χ0n) is 11.3. The molecule has 0 amide bonds. The molecule has 102 valence electrons. The molecule has 0 saturated carbocycles. The van der Waals surface area contributed by atoms with Gasteiger partial charge in [0, 0.05) is 18.8 Å². The van der Waals surface area contributed by atoms with Crippen molar-refractivity contribution in [1.29, 1.82) is 0 Å². The lowest BCUT2D eigenvalue weighted by atomic mass is 10.3. The molecule has 1 aromatic heterocycles. The van der Waals surface area contributed by atoms with Gasteiger partial charge < -0.3 is 19.9 Å². The Morgan fingerprint density at radius 2 is 2.17 bits per heavy atom. The zero-order valence-corrected chi connectivity index (χ0v) is 11.3. The van der Waals surface area contributed by atoms with Gasteiger partial charge in [-0.3, -0.25) is 4.98 Å². The van der Waals surface area contributed by atoms with Crippen LogP contribution < -0.4 is 10.1 Å². The van der Waals surface area contributed by atoms with Gasteiger partial charge in [0.25, 0.3) is 0 Å². The number of rotatable bonds is 8. The SMILES string of the molecule is CCOCC(O)COc1ccc(C)nc1CNC. The summed E-state index contributed by atoms with van der Waals surface area (Å²) in [5.74, 6) is 0.700. The van der Waals surface area contributed by atoms with Crippen LogP contribution in [0.3, 0.4) is 0 Å². The number of pyridine rings is 1. The molecule has 0 aliphatic heterocycles. The van der Waals surface area contributed by atoms with E-state index in [2.05, 4.69) is 10.3 Å². The van der Waals surface area contributed by atoms with Gasteiger partial charge in [-0.2, -0.15) is 0 Å². The second-order valence-corrected chi connectivity index (χ2v) is 4.05. The van der Waals surface area contributed by atoms with Gasteiger partial charge in [0.15, 0.2) is 0 Å². The molecule has 1 atom stereocenters. The fourth-order valence-electron chi connectivity index (χ4n) is 1.51. The molecule has 0 saturated heterocycles. The predicted octanol–water partition coefficient (Wildman–Crippen LogP) is 0.886. The molecule has 5 heteroatoms. The number of nitrogens with zero attached hydrogens (tertiary/aromatic N) is 1. The number of aliphatic hydroxyl groups is 1. The fraction of sp³-hybridized carbons (Fsp3) is 0.615.